The standard InChI is InChI=1S/C17H23N5O3/c1-17(2,3)13(10-23)19-16(24)15-11-5-4-6-12(11)22(20-15)14-9-21(25)8-7-18-14/h7-9,13,23H,4-6,10H2,1-3H3,(H-,18,19,24,25)/p+1. The third-order valence-corrected chi connectivity index (χ3v) is 4.57. The lowest BCUT2D eigenvalue weighted by atomic mass is 9.87. The first-order valence-corrected chi connectivity index (χ1v) is 8.40. The maximum atomic E-state index is 12.8. The van der Waals surface area contributed by atoms with Gasteiger partial charge in [0.25, 0.3) is 12.1 Å². The SMILES string of the molecule is CC(C)(C)C(CO)NC(=O)c1nn(-c2c[n+](O)ccn2)c2c1CCC2. The van der Waals surface area contributed by atoms with E-state index in [-0.39, 0.29) is 24.0 Å². The number of amides is 1. The lowest BCUT2D eigenvalue weighted by Gasteiger charge is -2.29. The molecule has 0 saturated carbocycles. The average Bonchev–Trinajstić information content (AvgIpc) is 3.13. The number of rotatable bonds is 4. The van der Waals surface area contributed by atoms with Gasteiger partial charge in [0.1, 0.15) is 0 Å². The smallest absolute Gasteiger partial charge is 0.272 e. The summed E-state index contributed by atoms with van der Waals surface area (Å²) in [6, 6.07) is -0.364. The van der Waals surface area contributed by atoms with E-state index in [4.69, 9.17) is 0 Å². The highest BCUT2D eigenvalue weighted by atomic mass is 16.5. The van der Waals surface area contributed by atoms with Crippen LogP contribution in [0.2, 0.25) is 0 Å². The Morgan fingerprint density at radius 2 is 2.20 bits per heavy atom. The second kappa shape index (κ2) is 6.44. The molecule has 0 radical (unpaired) electrons. The number of aliphatic hydroxyl groups is 1. The van der Waals surface area contributed by atoms with Crippen molar-refractivity contribution in [2.45, 2.75) is 46.1 Å². The van der Waals surface area contributed by atoms with Gasteiger partial charge < -0.3 is 10.4 Å². The molecule has 1 amide bonds. The molecule has 0 aromatic carbocycles. The maximum Gasteiger partial charge on any atom is 0.272 e. The molecule has 0 aliphatic heterocycles. The molecule has 2 aromatic rings. The van der Waals surface area contributed by atoms with Crippen molar-refractivity contribution in [3.8, 4) is 5.82 Å². The minimum absolute atomic E-state index is 0.136. The van der Waals surface area contributed by atoms with E-state index in [9.17, 15) is 15.1 Å². The number of hydrogen-bond donors (Lipinski definition) is 3. The molecule has 8 heteroatoms. The van der Waals surface area contributed by atoms with Crippen LogP contribution in [-0.4, -0.2) is 43.6 Å². The summed E-state index contributed by atoms with van der Waals surface area (Å²) in [5.41, 5.74) is 1.96. The summed E-state index contributed by atoms with van der Waals surface area (Å²) in [6.45, 7) is 5.75. The van der Waals surface area contributed by atoms with E-state index in [1.54, 1.807) is 4.68 Å². The molecule has 0 saturated heterocycles. The molecule has 0 fully saturated rings. The molecule has 0 bridgehead atoms. The highest BCUT2D eigenvalue weighted by Crippen LogP contribution is 2.27. The van der Waals surface area contributed by atoms with Crippen molar-refractivity contribution >= 4 is 5.91 Å². The Morgan fingerprint density at radius 3 is 2.84 bits per heavy atom. The summed E-state index contributed by atoms with van der Waals surface area (Å²) in [4.78, 5) is 17.0. The minimum Gasteiger partial charge on any atom is -0.394 e. The number of carbonyl (C=O) groups is 1. The van der Waals surface area contributed by atoms with Crippen molar-refractivity contribution in [1.82, 2.24) is 20.1 Å². The second-order valence-corrected chi connectivity index (χ2v) is 7.41. The topological polar surface area (TPSA) is 104 Å². The average molecular weight is 346 g/mol. The summed E-state index contributed by atoms with van der Waals surface area (Å²) in [6.07, 6.45) is 6.86. The molecule has 25 heavy (non-hydrogen) atoms. The Bertz CT molecular complexity index is 794. The third-order valence-electron chi connectivity index (χ3n) is 4.57. The summed E-state index contributed by atoms with van der Waals surface area (Å²) < 4.78 is 2.53. The van der Waals surface area contributed by atoms with Crippen molar-refractivity contribution in [2.24, 2.45) is 5.41 Å². The first-order valence-electron chi connectivity index (χ1n) is 8.40. The fourth-order valence-corrected chi connectivity index (χ4v) is 3.05. The Kier molecular flexibility index (Phi) is 4.47. The molecule has 2 aromatic heterocycles. The molecular formula is C17H24N5O3+. The van der Waals surface area contributed by atoms with Gasteiger partial charge in [0.2, 0.25) is 12.0 Å². The second-order valence-electron chi connectivity index (χ2n) is 7.41. The molecule has 0 spiro atoms. The van der Waals surface area contributed by atoms with E-state index in [1.165, 1.54) is 18.6 Å². The Labute approximate surface area is 146 Å². The molecule has 1 unspecified atom stereocenters. The van der Waals surface area contributed by atoms with Gasteiger partial charge in [-0.2, -0.15) is 5.10 Å². The molecule has 8 nitrogen and oxygen atoms in total. The molecule has 1 aliphatic carbocycles. The molecule has 3 rings (SSSR count). The van der Waals surface area contributed by atoms with Crippen LogP contribution in [0.3, 0.4) is 0 Å². The first-order chi connectivity index (χ1) is 11.8. The van der Waals surface area contributed by atoms with Crippen LogP contribution < -0.4 is 10.0 Å². The Hall–Kier alpha value is -2.48. The van der Waals surface area contributed by atoms with E-state index >= 15 is 0 Å². The molecular weight excluding hydrogens is 322 g/mol. The van der Waals surface area contributed by atoms with Gasteiger partial charge in [-0.25, -0.2) is 9.67 Å². The van der Waals surface area contributed by atoms with Gasteiger partial charge in [0, 0.05) is 10.3 Å². The number of fused-ring (bicyclic) bond motifs is 1. The van der Waals surface area contributed by atoms with E-state index in [0.29, 0.717) is 11.5 Å². The number of aliphatic hydroxyl groups excluding tert-OH is 1. The number of aromatic nitrogens is 4. The van der Waals surface area contributed by atoms with Crippen LogP contribution in [-0.2, 0) is 12.8 Å². The van der Waals surface area contributed by atoms with Crippen molar-refractivity contribution in [3.05, 3.63) is 35.5 Å². The number of carbonyl (C=O) groups excluding carboxylic acids is 1. The Balaban J connectivity index is 1.96. The summed E-state index contributed by atoms with van der Waals surface area (Å²) in [5, 5.41) is 26.5. The quantitative estimate of drug-likeness (QED) is 0.550. The van der Waals surface area contributed by atoms with Gasteiger partial charge in [-0.15, -0.1) is 0 Å². The monoisotopic (exact) mass is 346 g/mol. The van der Waals surface area contributed by atoms with Crippen molar-refractivity contribution in [1.29, 1.82) is 0 Å². The minimum atomic E-state index is -0.364. The highest BCUT2D eigenvalue weighted by Gasteiger charge is 2.31. The summed E-state index contributed by atoms with van der Waals surface area (Å²) in [5.74, 6) is 0.162. The van der Waals surface area contributed by atoms with Crippen LogP contribution in [0.25, 0.3) is 5.82 Å². The zero-order chi connectivity index (χ0) is 18.2. The lowest BCUT2D eigenvalue weighted by Crippen LogP contribution is -2.46. The molecule has 134 valence electrons. The van der Waals surface area contributed by atoms with Crippen molar-refractivity contribution in [2.75, 3.05) is 6.61 Å². The van der Waals surface area contributed by atoms with Crippen LogP contribution in [0, 0.1) is 5.41 Å². The maximum absolute atomic E-state index is 12.8. The zero-order valence-electron chi connectivity index (χ0n) is 14.7. The fourth-order valence-electron chi connectivity index (χ4n) is 3.05. The first kappa shape index (κ1) is 17.3. The predicted octanol–water partition coefficient (Wildman–Crippen LogP) is 0.418. The van der Waals surface area contributed by atoms with Gasteiger partial charge >= 0.3 is 0 Å². The van der Waals surface area contributed by atoms with E-state index in [1.807, 2.05) is 20.8 Å². The van der Waals surface area contributed by atoms with Gasteiger partial charge in [-0.05, 0) is 24.7 Å². The summed E-state index contributed by atoms with van der Waals surface area (Å²) >= 11 is 0. The van der Waals surface area contributed by atoms with Crippen LogP contribution in [0.1, 0.15) is 48.9 Å². The van der Waals surface area contributed by atoms with E-state index in [0.717, 1.165) is 35.3 Å². The van der Waals surface area contributed by atoms with Crippen molar-refractivity contribution in [3.63, 3.8) is 0 Å². The van der Waals surface area contributed by atoms with Crippen molar-refractivity contribution < 1.29 is 19.8 Å². The molecule has 3 N–H and O–H groups in total. The number of nitrogens with one attached hydrogen (secondary N) is 1. The van der Waals surface area contributed by atoms with Gasteiger partial charge in [0.05, 0.1) is 24.5 Å². The number of nitrogens with zero attached hydrogens (tertiary/aromatic N) is 4. The normalized spacial score (nSPS) is 15.0. The molecule has 2 heterocycles. The fraction of sp³-hybridized carbons (Fsp3) is 0.529. The zero-order valence-corrected chi connectivity index (χ0v) is 14.7. The van der Waals surface area contributed by atoms with Crippen LogP contribution in [0.5, 0.6) is 0 Å². The molecule has 1 aliphatic rings. The third kappa shape index (κ3) is 3.34. The van der Waals surface area contributed by atoms with Gasteiger partial charge in [-0.3, -0.25) is 10.0 Å². The highest BCUT2D eigenvalue weighted by molar-refractivity contribution is 5.94. The number of hydrogen-bond acceptors (Lipinski definition) is 5. The summed E-state index contributed by atoms with van der Waals surface area (Å²) in [7, 11) is 0. The van der Waals surface area contributed by atoms with Gasteiger partial charge in [-0.1, -0.05) is 20.8 Å². The van der Waals surface area contributed by atoms with Crippen LogP contribution in [0.4, 0.5) is 0 Å². The molecule has 1 atom stereocenters. The van der Waals surface area contributed by atoms with E-state index < -0.39 is 0 Å². The van der Waals surface area contributed by atoms with E-state index in [2.05, 4.69) is 15.4 Å². The van der Waals surface area contributed by atoms with Gasteiger partial charge in [0.15, 0.2) is 5.69 Å². The van der Waals surface area contributed by atoms with Crippen LogP contribution in [0.15, 0.2) is 18.6 Å². The Morgan fingerprint density at radius 1 is 1.44 bits per heavy atom. The van der Waals surface area contributed by atoms with Crippen LogP contribution >= 0.6 is 0 Å². The predicted molar refractivity (Wildman–Crippen MR) is 88.6 cm³/mol. The lowest BCUT2D eigenvalue weighted by molar-refractivity contribution is -0.904. The largest absolute Gasteiger partial charge is 0.394 e.